The van der Waals surface area contributed by atoms with Gasteiger partial charge in [-0.25, -0.2) is 9.97 Å². The molecule has 0 atom stereocenters. The molecule has 1 aliphatic rings. The molecule has 0 saturated carbocycles. The van der Waals surface area contributed by atoms with Gasteiger partial charge in [-0.3, -0.25) is 0 Å². The van der Waals surface area contributed by atoms with Crippen LogP contribution in [-0.4, -0.2) is 9.97 Å². The van der Waals surface area contributed by atoms with Gasteiger partial charge in [-0.05, 0) is 40.5 Å². The zero-order valence-corrected chi connectivity index (χ0v) is 24.7. The fourth-order valence-corrected chi connectivity index (χ4v) is 6.60. The van der Waals surface area contributed by atoms with Gasteiger partial charge in [0.15, 0.2) is 5.82 Å². The first-order valence-corrected chi connectivity index (χ1v) is 15.0. The summed E-state index contributed by atoms with van der Waals surface area (Å²) in [5.41, 5.74) is 10.7. The van der Waals surface area contributed by atoms with Crippen LogP contribution in [0.5, 0.6) is 11.5 Å². The van der Waals surface area contributed by atoms with Crippen molar-refractivity contribution >= 4 is 10.9 Å². The van der Waals surface area contributed by atoms with E-state index in [0.717, 1.165) is 61.7 Å². The Morgan fingerprint density at radius 3 is 1.91 bits per heavy atom. The van der Waals surface area contributed by atoms with Crippen LogP contribution >= 0.6 is 0 Å². The molecule has 0 aliphatic carbocycles. The van der Waals surface area contributed by atoms with Crippen LogP contribution in [0.15, 0.2) is 146 Å². The molecular formula is C41H30N2O. The number of rotatable bonds is 4. The quantitative estimate of drug-likeness (QED) is 0.213. The normalized spacial score (nSPS) is 13.1. The highest BCUT2D eigenvalue weighted by molar-refractivity contribution is 5.94. The van der Waals surface area contributed by atoms with Gasteiger partial charge in [0.05, 0.1) is 11.2 Å². The third-order valence-corrected chi connectivity index (χ3v) is 8.76. The van der Waals surface area contributed by atoms with E-state index in [2.05, 4.69) is 135 Å². The SMILES string of the molecule is CC1(C)c2ccccc2Oc2cccc(-c3ccc(-c4ccccc4-c4nc(-c5ccccc5)c5ccccc5n4)cc3)c21. The van der Waals surface area contributed by atoms with Gasteiger partial charge in [-0.1, -0.05) is 141 Å². The average Bonchev–Trinajstić information content (AvgIpc) is 3.08. The predicted molar refractivity (Wildman–Crippen MR) is 180 cm³/mol. The Hall–Kier alpha value is -5.54. The van der Waals surface area contributed by atoms with E-state index >= 15 is 0 Å². The van der Waals surface area contributed by atoms with Gasteiger partial charge in [0.2, 0.25) is 0 Å². The lowest BCUT2D eigenvalue weighted by Gasteiger charge is -2.36. The smallest absolute Gasteiger partial charge is 0.161 e. The summed E-state index contributed by atoms with van der Waals surface area (Å²) < 4.78 is 6.39. The average molecular weight is 567 g/mol. The summed E-state index contributed by atoms with van der Waals surface area (Å²) in [7, 11) is 0. The molecule has 3 nitrogen and oxygen atoms in total. The van der Waals surface area contributed by atoms with Gasteiger partial charge >= 0.3 is 0 Å². The number of para-hydroxylation sites is 2. The molecule has 0 spiro atoms. The third-order valence-electron chi connectivity index (χ3n) is 8.76. The van der Waals surface area contributed by atoms with Crippen molar-refractivity contribution in [2.45, 2.75) is 19.3 Å². The molecule has 0 radical (unpaired) electrons. The second-order valence-corrected chi connectivity index (χ2v) is 11.8. The summed E-state index contributed by atoms with van der Waals surface area (Å²) >= 11 is 0. The minimum absolute atomic E-state index is 0.198. The maximum atomic E-state index is 6.39. The molecule has 0 bridgehead atoms. The van der Waals surface area contributed by atoms with E-state index in [9.17, 15) is 0 Å². The number of aromatic nitrogens is 2. The van der Waals surface area contributed by atoms with Crippen LogP contribution in [-0.2, 0) is 5.41 Å². The monoisotopic (exact) mass is 566 g/mol. The van der Waals surface area contributed by atoms with E-state index in [0.29, 0.717) is 0 Å². The number of nitrogens with zero attached hydrogens (tertiary/aromatic N) is 2. The van der Waals surface area contributed by atoms with Gasteiger partial charge in [-0.15, -0.1) is 0 Å². The van der Waals surface area contributed by atoms with Crippen LogP contribution in [0.1, 0.15) is 25.0 Å². The van der Waals surface area contributed by atoms with E-state index in [1.165, 1.54) is 16.7 Å². The minimum atomic E-state index is -0.198. The van der Waals surface area contributed by atoms with Crippen LogP contribution in [0.2, 0.25) is 0 Å². The first-order chi connectivity index (χ1) is 21.6. The molecule has 0 N–H and O–H groups in total. The molecular weight excluding hydrogens is 536 g/mol. The molecule has 44 heavy (non-hydrogen) atoms. The Morgan fingerprint density at radius 2 is 1.09 bits per heavy atom. The molecule has 6 aromatic carbocycles. The first kappa shape index (κ1) is 26.1. The van der Waals surface area contributed by atoms with Crippen LogP contribution in [0, 0.1) is 0 Å². The van der Waals surface area contributed by atoms with Gasteiger partial charge in [-0.2, -0.15) is 0 Å². The lowest BCUT2D eigenvalue weighted by molar-refractivity contribution is 0.419. The number of hydrogen-bond donors (Lipinski definition) is 0. The van der Waals surface area contributed by atoms with Crippen molar-refractivity contribution in [1.82, 2.24) is 9.97 Å². The molecule has 7 aromatic rings. The van der Waals surface area contributed by atoms with E-state index in [4.69, 9.17) is 14.7 Å². The summed E-state index contributed by atoms with van der Waals surface area (Å²) in [4.78, 5) is 10.2. The lowest BCUT2D eigenvalue weighted by atomic mass is 9.73. The van der Waals surface area contributed by atoms with Crippen molar-refractivity contribution < 1.29 is 4.74 Å². The van der Waals surface area contributed by atoms with E-state index < -0.39 is 0 Å². The topological polar surface area (TPSA) is 35.0 Å². The Balaban J connectivity index is 1.22. The summed E-state index contributed by atoms with van der Waals surface area (Å²) in [6, 6.07) is 50.6. The molecule has 0 unspecified atom stereocenters. The highest BCUT2D eigenvalue weighted by Gasteiger charge is 2.36. The van der Waals surface area contributed by atoms with Gasteiger partial charge in [0.25, 0.3) is 0 Å². The highest BCUT2D eigenvalue weighted by atomic mass is 16.5. The minimum Gasteiger partial charge on any atom is -0.457 e. The predicted octanol–water partition coefficient (Wildman–Crippen LogP) is 10.7. The van der Waals surface area contributed by atoms with Crippen molar-refractivity contribution in [2.75, 3.05) is 0 Å². The number of ether oxygens (including phenoxy) is 1. The maximum absolute atomic E-state index is 6.39. The van der Waals surface area contributed by atoms with E-state index in [1.807, 2.05) is 24.3 Å². The standard InChI is InChI=1S/C41H30N2O/c1-41(2)34-19-9-11-21-36(34)44-37-22-12-18-31(38(37)41)28-25-23-27(24-26-28)30-15-6-7-16-32(30)40-42-35-20-10-8-17-33(35)39(43-40)29-13-4-3-5-14-29/h3-26H,1-2H3. The second-order valence-electron chi connectivity index (χ2n) is 11.8. The van der Waals surface area contributed by atoms with Crippen molar-refractivity contribution in [3.63, 3.8) is 0 Å². The molecule has 3 heteroatoms. The fourth-order valence-electron chi connectivity index (χ4n) is 6.60. The molecule has 0 fully saturated rings. The molecule has 8 rings (SSSR count). The molecule has 2 heterocycles. The largest absolute Gasteiger partial charge is 0.457 e. The van der Waals surface area contributed by atoms with Crippen molar-refractivity contribution in [2.24, 2.45) is 0 Å². The fraction of sp³-hybridized carbons (Fsp3) is 0.0732. The van der Waals surface area contributed by atoms with Gasteiger partial charge in [0.1, 0.15) is 11.5 Å². The Bertz CT molecular complexity index is 2160. The van der Waals surface area contributed by atoms with Crippen LogP contribution < -0.4 is 4.74 Å². The molecule has 0 amide bonds. The first-order valence-electron chi connectivity index (χ1n) is 15.0. The van der Waals surface area contributed by atoms with Crippen LogP contribution in [0.4, 0.5) is 0 Å². The van der Waals surface area contributed by atoms with Crippen molar-refractivity contribution in [1.29, 1.82) is 0 Å². The lowest BCUT2D eigenvalue weighted by Crippen LogP contribution is -2.25. The zero-order chi connectivity index (χ0) is 29.7. The zero-order valence-electron chi connectivity index (χ0n) is 24.7. The van der Waals surface area contributed by atoms with E-state index in [-0.39, 0.29) is 5.41 Å². The Morgan fingerprint density at radius 1 is 0.477 bits per heavy atom. The summed E-state index contributed by atoms with van der Waals surface area (Å²) in [5.74, 6) is 2.57. The number of hydrogen-bond acceptors (Lipinski definition) is 3. The number of benzene rings is 6. The third kappa shape index (κ3) is 4.28. The maximum Gasteiger partial charge on any atom is 0.161 e. The number of fused-ring (bicyclic) bond motifs is 3. The molecule has 210 valence electrons. The summed E-state index contributed by atoms with van der Waals surface area (Å²) in [6.07, 6.45) is 0. The van der Waals surface area contributed by atoms with Gasteiger partial charge < -0.3 is 4.74 Å². The molecule has 0 saturated heterocycles. The second kappa shape index (κ2) is 10.3. The summed E-state index contributed by atoms with van der Waals surface area (Å²) in [5, 5.41) is 1.05. The Kier molecular flexibility index (Phi) is 6.13. The van der Waals surface area contributed by atoms with E-state index in [1.54, 1.807) is 0 Å². The van der Waals surface area contributed by atoms with Crippen molar-refractivity contribution in [3.05, 3.63) is 157 Å². The molecule has 1 aliphatic heterocycles. The summed E-state index contributed by atoms with van der Waals surface area (Å²) in [6.45, 7) is 4.57. The van der Waals surface area contributed by atoms with Crippen LogP contribution in [0.25, 0.3) is 55.8 Å². The van der Waals surface area contributed by atoms with Gasteiger partial charge in [0, 0.05) is 33.1 Å². The molecule has 1 aromatic heterocycles. The Labute approximate surface area is 257 Å². The highest BCUT2D eigenvalue weighted by Crippen LogP contribution is 2.51. The van der Waals surface area contributed by atoms with Crippen LogP contribution in [0.3, 0.4) is 0 Å². The van der Waals surface area contributed by atoms with Crippen molar-refractivity contribution in [3.8, 4) is 56.4 Å².